The molecule has 0 aromatic rings. The molecule has 0 spiro atoms. The van der Waals surface area contributed by atoms with Crippen LogP contribution in [0.2, 0.25) is 0 Å². The quantitative estimate of drug-likeness (QED) is 0.364. The van der Waals surface area contributed by atoms with Crippen LogP contribution in [0.3, 0.4) is 0 Å². The van der Waals surface area contributed by atoms with E-state index in [4.69, 9.17) is 10.00 Å². The number of ether oxygens (including phenoxy) is 1. The summed E-state index contributed by atoms with van der Waals surface area (Å²) in [6, 6.07) is 2.17. The van der Waals surface area contributed by atoms with Crippen molar-refractivity contribution in [2.75, 3.05) is 6.61 Å². The molecule has 0 saturated heterocycles. The predicted octanol–water partition coefficient (Wildman–Crippen LogP) is 7.67. The number of hydrogen-bond donors (Lipinski definition) is 1. The predicted molar refractivity (Wildman–Crippen MR) is 137 cm³/mol. The highest BCUT2D eigenvalue weighted by Gasteiger charge is 2.50. The summed E-state index contributed by atoms with van der Waals surface area (Å²) in [6.07, 6.45) is 18.3. The minimum absolute atomic E-state index is 0.228. The zero-order chi connectivity index (χ0) is 24.1. The normalized spacial score (nSPS) is 33.8. The standard InChI is InChI=1S/C30H47NO2/c1-22-11-14-26(33-20-8-19-31)21-25(22)13-12-24-10-7-18-30(5)27(15-16-28(24)30)23(2)9-6-17-29(3,4)32/h12-13,23,26-28,32H,1,6-11,14-18,20-21H2,2-5H3/b24-12+,25-13-/t23-,26+,27?,28+,30-/m1/s1. The number of nitrogens with zero attached hydrogens (tertiary/aromatic N) is 1. The summed E-state index contributed by atoms with van der Waals surface area (Å²) in [7, 11) is 0. The maximum absolute atomic E-state index is 10.1. The Morgan fingerprint density at radius 3 is 2.79 bits per heavy atom. The molecule has 0 radical (unpaired) electrons. The van der Waals surface area contributed by atoms with Gasteiger partial charge in [0.2, 0.25) is 0 Å². The van der Waals surface area contributed by atoms with Gasteiger partial charge in [-0.25, -0.2) is 0 Å². The van der Waals surface area contributed by atoms with Crippen LogP contribution in [0.5, 0.6) is 0 Å². The van der Waals surface area contributed by atoms with E-state index in [0.29, 0.717) is 24.4 Å². The lowest BCUT2D eigenvalue weighted by atomic mass is 9.60. The largest absolute Gasteiger partial charge is 0.390 e. The third kappa shape index (κ3) is 6.83. The maximum Gasteiger partial charge on any atom is 0.0645 e. The molecule has 3 aliphatic carbocycles. The van der Waals surface area contributed by atoms with E-state index >= 15 is 0 Å². The van der Waals surface area contributed by atoms with E-state index in [1.807, 2.05) is 13.8 Å². The first-order chi connectivity index (χ1) is 15.6. The highest BCUT2D eigenvalue weighted by Crippen LogP contribution is 2.60. The molecule has 1 N–H and O–H groups in total. The van der Waals surface area contributed by atoms with Crippen molar-refractivity contribution in [3.8, 4) is 6.07 Å². The monoisotopic (exact) mass is 453 g/mol. The number of allylic oxidation sites excluding steroid dienone is 4. The molecule has 33 heavy (non-hydrogen) atoms. The Balaban J connectivity index is 1.65. The third-order valence-corrected chi connectivity index (χ3v) is 8.91. The SMILES string of the molecule is C=C1CC[C@H](OCCC#N)C/C1=C/C=C1\CCC[C@]2(C)C([C@H](C)CCCC(C)(C)O)CC[C@@H]12. The van der Waals surface area contributed by atoms with Gasteiger partial charge < -0.3 is 9.84 Å². The van der Waals surface area contributed by atoms with E-state index in [1.165, 1.54) is 49.7 Å². The van der Waals surface area contributed by atoms with E-state index < -0.39 is 5.60 Å². The zero-order valence-corrected chi connectivity index (χ0v) is 21.7. The van der Waals surface area contributed by atoms with Crippen LogP contribution in [-0.2, 0) is 4.74 Å². The summed E-state index contributed by atoms with van der Waals surface area (Å²) in [5.74, 6) is 2.23. The highest BCUT2D eigenvalue weighted by atomic mass is 16.5. The molecule has 3 saturated carbocycles. The summed E-state index contributed by atoms with van der Waals surface area (Å²) in [5.41, 5.74) is 4.14. The van der Waals surface area contributed by atoms with Crippen LogP contribution in [0, 0.1) is 34.5 Å². The van der Waals surface area contributed by atoms with Crippen molar-refractivity contribution < 1.29 is 9.84 Å². The van der Waals surface area contributed by atoms with Crippen LogP contribution in [0.1, 0.15) is 105 Å². The van der Waals surface area contributed by atoms with Crippen molar-refractivity contribution >= 4 is 0 Å². The van der Waals surface area contributed by atoms with E-state index in [0.717, 1.165) is 43.9 Å². The summed E-state index contributed by atoms with van der Waals surface area (Å²) < 4.78 is 5.93. The first kappa shape index (κ1) is 26.2. The number of nitriles is 1. The second-order valence-electron chi connectivity index (χ2n) is 12.0. The number of rotatable bonds is 9. The third-order valence-electron chi connectivity index (χ3n) is 8.91. The Bertz CT molecular complexity index is 780. The molecule has 0 aromatic heterocycles. The van der Waals surface area contributed by atoms with Crippen LogP contribution in [-0.4, -0.2) is 23.4 Å². The molecular weight excluding hydrogens is 406 g/mol. The van der Waals surface area contributed by atoms with Gasteiger partial charge in [0.15, 0.2) is 0 Å². The average molecular weight is 454 g/mol. The van der Waals surface area contributed by atoms with E-state index in [2.05, 4.69) is 38.6 Å². The Labute approximate surface area is 203 Å². The fourth-order valence-electron chi connectivity index (χ4n) is 7.07. The van der Waals surface area contributed by atoms with Gasteiger partial charge in [-0.05, 0) is 100 Å². The molecule has 0 amide bonds. The van der Waals surface area contributed by atoms with Crippen molar-refractivity contribution in [1.29, 1.82) is 5.26 Å². The lowest BCUT2D eigenvalue weighted by Crippen LogP contribution is -2.36. The molecule has 184 valence electrons. The highest BCUT2D eigenvalue weighted by molar-refractivity contribution is 5.36. The van der Waals surface area contributed by atoms with Gasteiger partial charge in [0.05, 0.1) is 30.8 Å². The van der Waals surface area contributed by atoms with E-state index in [-0.39, 0.29) is 6.10 Å². The van der Waals surface area contributed by atoms with Crippen LogP contribution < -0.4 is 0 Å². The summed E-state index contributed by atoms with van der Waals surface area (Å²) in [6.45, 7) is 13.8. The maximum atomic E-state index is 10.1. The van der Waals surface area contributed by atoms with Crippen molar-refractivity contribution in [2.24, 2.45) is 23.2 Å². The Hall–Kier alpha value is -1.37. The minimum atomic E-state index is -0.543. The molecule has 5 atom stereocenters. The van der Waals surface area contributed by atoms with Crippen molar-refractivity contribution in [3.63, 3.8) is 0 Å². The fourth-order valence-corrected chi connectivity index (χ4v) is 7.07. The van der Waals surface area contributed by atoms with Crippen molar-refractivity contribution in [1.82, 2.24) is 0 Å². The average Bonchev–Trinajstić information content (AvgIpc) is 3.10. The molecule has 0 aromatic carbocycles. The van der Waals surface area contributed by atoms with Gasteiger partial charge >= 0.3 is 0 Å². The van der Waals surface area contributed by atoms with Crippen LogP contribution in [0.25, 0.3) is 0 Å². The molecule has 3 nitrogen and oxygen atoms in total. The van der Waals surface area contributed by atoms with Gasteiger partial charge in [-0.15, -0.1) is 0 Å². The zero-order valence-electron chi connectivity index (χ0n) is 21.7. The van der Waals surface area contributed by atoms with Crippen LogP contribution >= 0.6 is 0 Å². The number of fused-ring (bicyclic) bond motifs is 1. The molecule has 3 heteroatoms. The van der Waals surface area contributed by atoms with Crippen LogP contribution in [0.4, 0.5) is 0 Å². The van der Waals surface area contributed by atoms with E-state index in [9.17, 15) is 5.11 Å². The molecule has 0 heterocycles. The van der Waals surface area contributed by atoms with Crippen LogP contribution in [0.15, 0.2) is 35.5 Å². The fraction of sp³-hybridized carbons (Fsp3) is 0.767. The topological polar surface area (TPSA) is 53.2 Å². The van der Waals surface area contributed by atoms with Crippen molar-refractivity contribution in [3.05, 3.63) is 35.5 Å². The van der Waals surface area contributed by atoms with E-state index in [1.54, 1.807) is 5.57 Å². The number of hydrogen-bond acceptors (Lipinski definition) is 3. The molecule has 3 aliphatic rings. The Kier molecular flexibility index (Phi) is 9.04. The van der Waals surface area contributed by atoms with Gasteiger partial charge in [-0.3, -0.25) is 0 Å². The smallest absolute Gasteiger partial charge is 0.0645 e. The molecule has 3 fully saturated rings. The molecular formula is C30H47NO2. The lowest BCUT2D eigenvalue weighted by molar-refractivity contribution is 0.0478. The summed E-state index contributed by atoms with van der Waals surface area (Å²) >= 11 is 0. The first-order valence-corrected chi connectivity index (χ1v) is 13.4. The molecule has 3 rings (SSSR count). The van der Waals surface area contributed by atoms with Gasteiger partial charge in [-0.1, -0.05) is 56.6 Å². The Morgan fingerprint density at radius 1 is 1.27 bits per heavy atom. The molecule has 0 bridgehead atoms. The van der Waals surface area contributed by atoms with Gasteiger partial charge in [-0.2, -0.15) is 5.26 Å². The lowest BCUT2D eigenvalue weighted by Gasteiger charge is -2.44. The molecule has 1 unspecified atom stereocenters. The van der Waals surface area contributed by atoms with Gasteiger partial charge in [0, 0.05) is 0 Å². The van der Waals surface area contributed by atoms with Gasteiger partial charge in [0.1, 0.15) is 0 Å². The summed E-state index contributed by atoms with van der Waals surface area (Å²) in [5, 5.41) is 18.9. The minimum Gasteiger partial charge on any atom is -0.390 e. The summed E-state index contributed by atoms with van der Waals surface area (Å²) in [4.78, 5) is 0. The van der Waals surface area contributed by atoms with Gasteiger partial charge in [0.25, 0.3) is 0 Å². The number of aliphatic hydroxyl groups is 1. The van der Waals surface area contributed by atoms with Crippen molar-refractivity contribution in [2.45, 2.75) is 116 Å². The molecule has 0 aliphatic heterocycles. The second kappa shape index (κ2) is 11.4. The second-order valence-corrected chi connectivity index (χ2v) is 12.0. The Morgan fingerprint density at radius 2 is 2.06 bits per heavy atom. The first-order valence-electron chi connectivity index (χ1n) is 13.4.